The van der Waals surface area contributed by atoms with Crippen molar-refractivity contribution in [3.63, 3.8) is 0 Å². The van der Waals surface area contributed by atoms with Gasteiger partial charge in [0.2, 0.25) is 11.8 Å². The number of benzene rings is 1. The molecule has 6 nitrogen and oxygen atoms in total. The molecule has 0 bridgehead atoms. The third kappa shape index (κ3) is 6.54. The number of carbonyl (C=O) groups is 2. The summed E-state index contributed by atoms with van der Waals surface area (Å²) in [6.07, 6.45) is 6.31. The van der Waals surface area contributed by atoms with Crippen LogP contribution in [0, 0.1) is 0 Å². The summed E-state index contributed by atoms with van der Waals surface area (Å²) in [4.78, 5) is 27.4. The van der Waals surface area contributed by atoms with Crippen LogP contribution in [0.25, 0.3) is 0 Å². The molecule has 2 rings (SSSR count). The van der Waals surface area contributed by atoms with Gasteiger partial charge < -0.3 is 21.3 Å². The molecule has 0 aliphatic carbocycles. The van der Waals surface area contributed by atoms with E-state index in [0.717, 1.165) is 43.7 Å². The van der Waals surface area contributed by atoms with E-state index >= 15 is 0 Å². The van der Waals surface area contributed by atoms with Crippen LogP contribution in [-0.4, -0.2) is 37.0 Å². The Balaban J connectivity index is 2.01. The lowest BCUT2D eigenvalue weighted by molar-refractivity contribution is -0.127. The van der Waals surface area contributed by atoms with Crippen molar-refractivity contribution in [3.05, 3.63) is 24.3 Å². The number of rotatable bonds is 10. The normalized spacial score (nSPS) is 16.0. The van der Waals surface area contributed by atoms with Crippen LogP contribution in [0.15, 0.2) is 24.3 Å². The van der Waals surface area contributed by atoms with Gasteiger partial charge in [-0.25, -0.2) is 0 Å². The van der Waals surface area contributed by atoms with Crippen molar-refractivity contribution in [2.75, 3.05) is 23.3 Å². The van der Waals surface area contributed by atoms with Gasteiger partial charge >= 0.3 is 0 Å². The van der Waals surface area contributed by atoms with Gasteiger partial charge in [-0.15, -0.1) is 0 Å². The highest BCUT2D eigenvalue weighted by Crippen LogP contribution is 2.23. The summed E-state index contributed by atoms with van der Waals surface area (Å²) in [6.45, 7) is 6.17. The van der Waals surface area contributed by atoms with Crippen molar-refractivity contribution in [2.45, 2.75) is 70.9 Å². The van der Waals surface area contributed by atoms with Crippen LogP contribution in [0.1, 0.15) is 58.8 Å². The molecule has 2 unspecified atom stereocenters. The first-order chi connectivity index (χ1) is 13.0. The van der Waals surface area contributed by atoms with Crippen LogP contribution in [0.3, 0.4) is 0 Å². The molecule has 0 aromatic heterocycles. The van der Waals surface area contributed by atoms with Crippen molar-refractivity contribution in [2.24, 2.45) is 5.73 Å². The van der Waals surface area contributed by atoms with Crippen LogP contribution >= 0.6 is 0 Å². The molecule has 2 atom stereocenters. The maximum Gasteiger partial charge on any atom is 0.246 e. The lowest BCUT2D eigenvalue weighted by Gasteiger charge is -2.22. The molecular formula is C21H34N4O2. The van der Waals surface area contributed by atoms with Crippen molar-refractivity contribution in [1.29, 1.82) is 0 Å². The second-order valence-electron chi connectivity index (χ2n) is 7.33. The number of hydrogen-bond donors (Lipinski definition) is 3. The smallest absolute Gasteiger partial charge is 0.246 e. The number of nitrogens with two attached hydrogens (primary N) is 1. The molecular weight excluding hydrogens is 340 g/mol. The maximum atomic E-state index is 12.8. The molecule has 27 heavy (non-hydrogen) atoms. The molecule has 1 aromatic rings. The van der Waals surface area contributed by atoms with E-state index in [4.69, 9.17) is 5.73 Å². The summed E-state index contributed by atoms with van der Waals surface area (Å²) < 4.78 is 0. The van der Waals surface area contributed by atoms with Crippen LogP contribution in [0.4, 0.5) is 11.4 Å². The zero-order valence-corrected chi connectivity index (χ0v) is 16.7. The predicted octanol–water partition coefficient (Wildman–Crippen LogP) is 3.03. The average molecular weight is 375 g/mol. The summed E-state index contributed by atoms with van der Waals surface area (Å²) in [5.74, 6) is -0.432. The Morgan fingerprint density at radius 3 is 2.52 bits per heavy atom. The van der Waals surface area contributed by atoms with Crippen LogP contribution in [-0.2, 0) is 9.59 Å². The third-order valence-corrected chi connectivity index (χ3v) is 5.00. The Morgan fingerprint density at radius 1 is 1.11 bits per heavy atom. The molecule has 1 aromatic carbocycles. The number of amides is 2. The topological polar surface area (TPSA) is 87.5 Å². The number of carbonyl (C=O) groups excluding carboxylic acids is 2. The zero-order chi connectivity index (χ0) is 19.6. The lowest BCUT2D eigenvalue weighted by atomic mass is 10.1. The number of nitrogens with one attached hydrogen (secondary N) is 2. The second kappa shape index (κ2) is 10.9. The summed E-state index contributed by atoms with van der Waals surface area (Å²) in [5.41, 5.74) is 7.79. The minimum atomic E-state index is -0.564. The van der Waals surface area contributed by atoms with Crippen LogP contribution in [0.5, 0.6) is 0 Å². The third-order valence-electron chi connectivity index (χ3n) is 5.00. The number of hydrogen-bond acceptors (Lipinski definition) is 4. The Morgan fingerprint density at radius 2 is 1.85 bits per heavy atom. The Hall–Kier alpha value is -2.08. The summed E-state index contributed by atoms with van der Waals surface area (Å²) in [6, 6.07) is 6.80. The Bertz CT molecular complexity index is 614. The highest BCUT2D eigenvalue weighted by Gasteiger charge is 2.23. The minimum absolute atomic E-state index is 0.181. The highest BCUT2D eigenvalue weighted by atomic mass is 16.2. The molecule has 2 amide bonds. The minimum Gasteiger partial charge on any atom is -0.371 e. The van der Waals surface area contributed by atoms with Crippen LogP contribution in [0.2, 0.25) is 0 Å². The molecule has 1 fully saturated rings. The molecule has 150 valence electrons. The molecule has 1 aliphatic heterocycles. The maximum absolute atomic E-state index is 12.8. The standard InChI is InChI=1S/C21H34N4O2/c1-3-5-12-19(24-20(26)18(22)9-4-2)21(27)23-16-10-8-11-17(15-16)25-13-6-7-14-25/h8,10-11,15,18-19H,3-7,9,12-14,22H2,1-2H3,(H,23,27)(H,24,26). The van der Waals surface area contributed by atoms with Gasteiger partial charge in [-0.05, 0) is 43.9 Å². The van der Waals surface area contributed by atoms with E-state index in [-0.39, 0.29) is 11.8 Å². The fraction of sp³-hybridized carbons (Fsp3) is 0.619. The largest absolute Gasteiger partial charge is 0.371 e. The van der Waals surface area contributed by atoms with E-state index in [2.05, 4.69) is 28.5 Å². The Kier molecular flexibility index (Phi) is 8.58. The van der Waals surface area contributed by atoms with E-state index in [1.807, 2.05) is 25.1 Å². The van der Waals surface area contributed by atoms with Gasteiger partial charge in [-0.2, -0.15) is 0 Å². The van der Waals surface area contributed by atoms with Gasteiger partial charge in [-0.3, -0.25) is 9.59 Å². The SMILES string of the molecule is CCCCC(NC(=O)C(N)CCC)C(=O)Nc1cccc(N2CCCC2)c1. The van der Waals surface area contributed by atoms with Gasteiger partial charge in [0, 0.05) is 24.5 Å². The fourth-order valence-electron chi connectivity index (χ4n) is 3.38. The molecule has 1 heterocycles. The van der Waals surface area contributed by atoms with Crippen molar-refractivity contribution < 1.29 is 9.59 Å². The lowest BCUT2D eigenvalue weighted by Crippen LogP contribution is -2.49. The summed E-state index contributed by atoms with van der Waals surface area (Å²) in [5, 5.41) is 5.81. The highest BCUT2D eigenvalue weighted by molar-refractivity contribution is 5.98. The molecule has 0 spiro atoms. The molecule has 1 saturated heterocycles. The second-order valence-corrected chi connectivity index (χ2v) is 7.33. The van der Waals surface area contributed by atoms with E-state index in [1.54, 1.807) is 0 Å². The molecule has 0 radical (unpaired) electrons. The Labute approximate surface area is 162 Å². The summed E-state index contributed by atoms with van der Waals surface area (Å²) >= 11 is 0. The molecule has 4 N–H and O–H groups in total. The van der Waals surface area contributed by atoms with E-state index in [9.17, 15) is 9.59 Å². The predicted molar refractivity (Wildman–Crippen MR) is 111 cm³/mol. The van der Waals surface area contributed by atoms with Gasteiger partial charge in [0.25, 0.3) is 0 Å². The first-order valence-electron chi connectivity index (χ1n) is 10.3. The average Bonchev–Trinajstić information content (AvgIpc) is 3.20. The zero-order valence-electron chi connectivity index (χ0n) is 16.7. The van der Waals surface area contributed by atoms with E-state index in [1.165, 1.54) is 12.8 Å². The number of anilines is 2. The fourth-order valence-corrected chi connectivity index (χ4v) is 3.38. The van der Waals surface area contributed by atoms with Crippen molar-refractivity contribution in [1.82, 2.24) is 5.32 Å². The van der Waals surface area contributed by atoms with E-state index < -0.39 is 12.1 Å². The van der Waals surface area contributed by atoms with Crippen LogP contribution < -0.4 is 21.3 Å². The number of nitrogens with zero attached hydrogens (tertiary/aromatic N) is 1. The van der Waals surface area contributed by atoms with Crippen molar-refractivity contribution in [3.8, 4) is 0 Å². The van der Waals surface area contributed by atoms with Gasteiger partial charge in [0.1, 0.15) is 6.04 Å². The molecule has 1 aliphatic rings. The van der Waals surface area contributed by atoms with Crippen molar-refractivity contribution >= 4 is 23.2 Å². The van der Waals surface area contributed by atoms with Gasteiger partial charge in [-0.1, -0.05) is 39.2 Å². The first kappa shape index (κ1) is 21.2. The molecule has 6 heteroatoms. The number of unbranched alkanes of at least 4 members (excludes halogenated alkanes) is 1. The quantitative estimate of drug-likeness (QED) is 0.587. The monoisotopic (exact) mass is 374 g/mol. The van der Waals surface area contributed by atoms with Gasteiger partial charge in [0.05, 0.1) is 6.04 Å². The van der Waals surface area contributed by atoms with E-state index in [0.29, 0.717) is 12.8 Å². The molecule has 0 saturated carbocycles. The first-order valence-corrected chi connectivity index (χ1v) is 10.3. The van der Waals surface area contributed by atoms with Gasteiger partial charge in [0.15, 0.2) is 0 Å². The summed E-state index contributed by atoms with van der Waals surface area (Å²) in [7, 11) is 0.